The molecule has 1 aromatic rings. The van der Waals surface area contributed by atoms with Crippen molar-refractivity contribution in [3.8, 4) is 0 Å². The van der Waals surface area contributed by atoms with E-state index in [0.29, 0.717) is 12.3 Å². The molecule has 0 bridgehead atoms. The summed E-state index contributed by atoms with van der Waals surface area (Å²) in [6, 6.07) is 4.69. The van der Waals surface area contributed by atoms with E-state index in [2.05, 4.69) is 21.2 Å². The van der Waals surface area contributed by atoms with Crippen molar-refractivity contribution in [3.63, 3.8) is 0 Å². The number of aliphatic hydroxyl groups excluding tert-OH is 1. The second kappa shape index (κ2) is 7.96. The SMILES string of the molecule is OC(CNc1cc(Br)ccc1F)COC1CCCCC1. The van der Waals surface area contributed by atoms with Crippen LogP contribution in [0.4, 0.5) is 10.1 Å². The summed E-state index contributed by atoms with van der Waals surface area (Å²) in [5.41, 5.74) is 0.385. The fourth-order valence-corrected chi connectivity index (χ4v) is 2.76. The van der Waals surface area contributed by atoms with Gasteiger partial charge in [0.1, 0.15) is 5.82 Å². The third kappa shape index (κ3) is 5.04. The van der Waals surface area contributed by atoms with Gasteiger partial charge in [-0.2, -0.15) is 0 Å². The summed E-state index contributed by atoms with van der Waals surface area (Å²) in [6.07, 6.45) is 5.52. The number of halogens is 2. The largest absolute Gasteiger partial charge is 0.389 e. The molecule has 0 radical (unpaired) electrons. The standard InChI is InChI=1S/C15H21BrFNO2/c16-11-6-7-14(17)15(8-11)18-9-12(19)10-20-13-4-2-1-3-5-13/h6-8,12-13,18-19H,1-5,9-10H2. The molecule has 0 heterocycles. The third-order valence-corrected chi connectivity index (χ3v) is 4.03. The van der Waals surface area contributed by atoms with Crippen LogP contribution in [0.2, 0.25) is 0 Å². The summed E-state index contributed by atoms with van der Waals surface area (Å²) in [7, 11) is 0. The molecule has 5 heteroatoms. The molecule has 2 rings (SSSR count). The van der Waals surface area contributed by atoms with Crippen molar-refractivity contribution >= 4 is 21.6 Å². The van der Waals surface area contributed by atoms with E-state index in [0.717, 1.165) is 17.3 Å². The average Bonchev–Trinajstić information content (AvgIpc) is 2.47. The highest BCUT2D eigenvalue weighted by atomic mass is 79.9. The minimum absolute atomic E-state index is 0.278. The van der Waals surface area contributed by atoms with Crippen LogP contribution in [0.5, 0.6) is 0 Å². The highest BCUT2D eigenvalue weighted by Crippen LogP contribution is 2.21. The van der Waals surface area contributed by atoms with E-state index in [1.54, 1.807) is 12.1 Å². The fraction of sp³-hybridized carbons (Fsp3) is 0.600. The number of rotatable bonds is 6. The molecular formula is C15H21BrFNO2. The topological polar surface area (TPSA) is 41.5 Å². The maximum atomic E-state index is 13.5. The van der Waals surface area contributed by atoms with E-state index in [1.165, 1.54) is 25.3 Å². The van der Waals surface area contributed by atoms with E-state index >= 15 is 0 Å². The molecule has 1 aliphatic carbocycles. The van der Waals surface area contributed by atoms with Crippen LogP contribution in [0.25, 0.3) is 0 Å². The predicted octanol–water partition coefficient (Wildman–Crippen LogP) is 3.71. The first-order chi connectivity index (χ1) is 9.65. The maximum absolute atomic E-state index is 13.5. The van der Waals surface area contributed by atoms with Gasteiger partial charge in [0.05, 0.1) is 24.5 Å². The van der Waals surface area contributed by atoms with E-state index in [9.17, 15) is 9.50 Å². The van der Waals surface area contributed by atoms with Gasteiger partial charge in [-0.15, -0.1) is 0 Å². The van der Waals surface area contributed by atoms with Crippen LogP contribution >= 0.6 is 15.9 Å². The molecule has 1 aromatic carbocycles. The molecule has 2 N–H and O–H groups in total. The highest BCUT2D eigenvalue weighted by molar-refractivity contribution is 9.10. The van der Waals surface area contributed by atoms with Gasteiger partial charge in [0.15, 0.2) is 0 Å². The van der Waals surface area contributed by atoms with Crippen LogP contribution < -0.4 is 5.32 Å². The molecule has 0 aromatic heterocycles. The maximum Gasteiger partial charge on any atom is 0.146 e. The van der Waals surface area contributed by atoms with Crippen LogP contribution in [0.3, 0.4) is 0 Å². The molecule has 112 valence electrons. The number of nitrogens with one attached hydrogen (secondary N) is 1. The van der Waals surface area contributed by atoms with Crippen molar-refractivity contribution in [2.45, 2.75) is 44.3 Å². The van der Waals surface area contributed by atoms with Gasteiger partial charge in [-0.05, 0) is 31.0 Å². The lowest BCUT2D eigenvalue weighted by molar-refractivity contribution is -0.0195. The van der Waals surface area contributed by atoms with Crippen LogP contribution in [0, 0.1) is 5.82 Å². The van der Waals surface area contributed by atoms with Crippen LogP contribution in [-0.4, -0.2) is 30.5 Å². The Morgan fingerprint density at radius 1 is 1.35 bits per heavy atom. The summed E-state index contributed by atoms with van der Waals surface area (Å²) in [5, 5.41) is 12.8. The Kier molecular flexibility index (Phi) is 6.26. The lowest BCUT2D eigenvalue weighted by Crippen LogP contribution is -2.28. The number of aliphatic hydroxyl groups is 1. The second-order valence-corrected chi connectivity index (χ2v) is 6.17. The van der Waals surface area contributed by atoms with E-state index < -0.39 is 6.10 Å². The first-order valence-corrected chi connectivity index (χ1v) is 7.93. The summed E-state index contributed by atoms with van der Waals surface area (Å²) < 4.78 is 20.0. The number of hydrogen-bond acceptors (Lipinski definition) is 3. The first-order valence-electron chi connectivity index (χ1n) is 7.14. The predicted molar refractivity (Wildman–Crippen MR) is 81.4 cm³/mol. The Morgan fingerprint density at radius 3 is 2.85 bits per heavy atom. The smallest absolute Gasteiger partial charge is 0.146 e. The summed E-state index contributed by atoms with van der Waals surface area (Å²) in [6.45, 7) is 0.577. The van der Waals surface area contributed by atoms with E-state index in [-0.39, 0.29) is 18.5 Å². The monoisotopic (exact) mass is 345 g/mol. The third-order valence-electron chi connectivity index (χ3n) is 3.53. The molecule has 0 spiro atoms. The van der Waals surface area contributed by atoms with Crippen molar-refractivity contribution in [2.75, 3.05) is 18.5 Å². The van der Waals surface area contributed by atoms with Crippen molar-refractivity contribution in [3.05, 3.63) is 28.5 Å². The number of ether oxygens (including phenoxy) is 1. The van der Waals surface area contributed by atoms with Crippen LogP contribution in [-0.2, 0) is 4.74 Å². The minimum Gasteiger partial charge on any atom is -0.389 e. The van der Waals surface area contributed by atoms with Gasteiger partial charge in [0.2, 0.25) is 0 Å². The van der Waals surface area contributed by atoms with Crippen molar-refractivity contribution in [2.24, 2.45) is 0 Å². The van der Waals surface area contributed by atoms with Crippen molar-refractivity contribution in [1.29, 1.82) is 0 Å². The molecule has 1 aliphatic rings. The zero-order valence-corrected chi connectivity index (χ0v) is 13.0. The molecule has 0 amide bonds. The summed E-state index contributed by atoms with van der Waals surface area (Å²) in [4.78, 5) is 0. The Bertz CT molecular complexity index is 424. The molecule has 1 atom stereocenters. The Labute approximate surface area is 127 Å². The zero-order chi connectivity index (χ0) is 14.4. The Balaban J connectivity index is 1.71. The van der Waals surface area contributed by atoms with Crippen LogP contribution in [0.1, 0.15) is 32.1 Å². The van der Waals surface area contributed by atoms with Gasteiger partial charge < -0.3 is 15.2 Å². The van der Waals surface area contributed by atoms with Gasteiger partial charge in [0, 0.05) is 11.0 Å². The molecule has 1 unspecified atom stereocenters. The second-order valence-electron chi connectivity index (χ2n) is 5.25. The van der Waals surface area contributed by atoms with E-state index in [1.807, 2.05) is 0 Å². The summed E-state index contributed by atoms with van der Waals surface area (Å²) >= 11 is 3.29. The fourth-order valence-electron chi connectivity index (χ4n) is 2.40. The normalized spacial score (nSPS) is 17.9. The molecule has 1 saturated carbocycles. The van der Waals surface area contributed by atoms with Gasteiger partial charge in [-0.3, -0.25) is 0 Å². The van der Waals surface area contributed by atoms with Crippen LogP contribution in [0.15, 0.2) is 22.7 Å². The molecule has 0 saturated heterocycles. The van der Waals surface area contributed by atoms with Crippen molar-refractivity contribution in [1.82, 2.24) is 0 Å². The molecular weight excluding hydrogens is 325 g/mol. The molecule has 3 nitrogen and oxygen atoms in total. The number of anilines is 1. The minimum atomic E-state index is -0.629. The number of benzene rings is 1. The Hall–Kier alpha value is -0.650. The summed E-state index contributed by atoms with van der Waals surface area (Å²) in [5.74, 6) is -0.325. The lowest BCUT2D eigenvalue weighted by Gasteiger charge is -2.23. The van der Waals surface area contributed by atoms with Gasteiger partial charge in [0.25, 0.3) is 0 Å². The highest BCUT2D eigenvalue weighted by Gasteiger charge is 2.15. The van der Waals surface area contributed by atoms with Gasteiger partial charge >= 0.3 is 0 Å². The Morgan fingerprint density at radius 2 is 2.10 bits per heavy atom. The quantitative estimate of drug-likeness (QED) is 0.825. The lowest BCUT2D eigenvalue weighted by atomic mass is 9.98. The average molecular weight is 346 g/mol. The van der Waals surface area contributed by atoms with Crippen molar-refractivity contribution < 1.29 is 14.2 Å². The molecule has 1 fully saturated rings. The van der Waals surface area contributed by atoms with Gasteiger partial charge in [-0.25, -0.2) is 4.39 Å². The van der Waals surface area contributed by atoms with E-state index in [4.69, 9.17) is 4.74 Å². The molecule has 20 heavy (non-hydrogen) atoms. The number of hydrogen-bond donors (Lipinski definition) is 2. The zero-order valence-electron chi connectivity index (χ0n) is 11.4. The molecule has 0 aliphatic heterocycles. The van der Waals surface area contributed by atoms with Gasteiger partial charge in [-0.1, -0.05) is 35.2 Å². The first kappa shape index (κ1) is 15.7.